The molecule has 0 radical (unpaired) electrons. The number of nitrogens with zero attached hydrogens (tertiary/aromatic N) is 4. The van der Waals surface area contributed by atoms with Crippen molar-refractivity contribution >= 4 is 50.8 Å². The van der Waals surface area contributed by atoms with E-state index in [1.165, 1.54) is 10.7 Å². The molecule has 0 aliphatic heterocycles. The Kier molecular flexibility index (Phi) is 3.98. The van der Waals surface area contributed by atoms with E-state index in [-0.39, 0.29) is 5.69 Å². The minimum atomic E-state index is -0.565. The van der Waals surface area contributed by atoms with Gasteiger partial charge in [-0.2, -0.15) is 10.1 Å². The molecule has 0 aromatic carbocycles. The monoisotopic (exact) mass is 342 g/mol. The Morgan fingerprint density at radius 1 is 1.61 bits per heavy atom. The summed E-state index contributed by atoms with van der Waals surface area (Å²) in [4.78, 5) is 19.2. The van der Waals surface area contributed by atoms with E-state index in [0.29, 0.717) is 15.4 Å². The average molecular weight is 344 g/mol. The molecule has 0 N–H and O–H groups in total. The zero-order valence-corrected chi connectivity index (χ0v) is 11.8. The number of carbonyl (C=O) groups excluding carboxylic acids is 1. The number of carbonyl (C=O) groups is 1. The van der Waals surface area contributed by atoms with Gasteiger partial charge in [0, 0.05) is 12.3 Å². The molecule has 0 fully saturated rings. The third-order valence-electron chi connectivity index (χ3n) is 1.99. The van der Waals surface area contributed by atoms with E-state index in [1.807, 2.05) is 5.16 Å². The van der Waals surface area contributed by atoms with Crippen molar-refractivity contribution < 1.29 is 4.79 Å². The number of aliphatic imine (C=N–C) groups is 1. The first kappa shape index (κ1) is 13.0. The molecule has 0 aliphatic rings. The van der Waals surface area contributed by atoms with Gasteiger partial charge in [0.25, 0.3) is 0 Å². The first-order valence-corrected chi connectivity index (χ1v) is 6.20. The molecular formula is C10H4BrClN4OS. The number of thiocarbonyl (C=S) groups is 1. The van der Waals surface area contributed by atoms with Gasteiger partial charge in [0.2, 0.25) is 0 Å². The average Bonchev–Trinajstić information content (AvgIpc) is 2.72. The molecule has 1 amide bonds. The van der Waals surface area contributed by atoms with Gasteiger partial charge in [-0.05, 0) is 40.3 Å². The zero-order valence-electron chi connectivity index (χ0n) is 8.67. The SMILES string of the molecule is O=C(N=C=S)c1cc(Br)nn1-c1ncccc1Cl. The van der Waals surface area contributed by atoms with Crippen molar-refractivity contribution in [2.75, 3.05) is 0 Å². The van der Waals surface area contributed by atoms with Gasteiger partial charge in [0.05, 0.1) is 10.2 Å². The van der Waals surface area contributed by atoms with Gasteiger partial charge in [-0.1, -0.05) is 11.6 Å². The first-order chi connectivity index (χ1) is 8.63. The van der Waals surface area contributed by atoms with Crippen LogP contribution in [0.3, 0.4) is 0 Å². The number of hydrogen-bond acceptors (Lipinski definition) is 4. The molecule has 0 saturated carbocycles. The Balaban J connectivity index is 2.62. The van der Waals surface area contributed by atoms with Gasteiger partial charge in [-0.3, -0.25) is 4.79 Å². The zero-order chi connectivity index (χ0) is 13.1. The maximum Gasteiger partial charge on any atom is 0.304 e. The Labute approximate surface area is 121 Å². The van der Waals surface area contributed by atoms with Crippen LogP contribution in [0.1, 0.15) is 10.5 Å². The van der Waals surface area contributed by atoms with Gasteiger partial charge in [-0.15, -0.1) is 0 Å². The Morgan fingerprint density at radius 2 is 2.39 bits per heavy atom. The van der Waals surface area contributed by atoms with Crippen LogP contribution in [0.15, 0.2) is 34.0 Å². The van der Waals surface area contributed by atoms with E-state index < -0.39 is 5.91 Å². The smallest absolute Gasteiger partial charge is 0.264 e. The predicted octanol–water partition coefficient (Wildman–Crippen LogP) is 2.93. The number of rotatable bonds is 2. The van der Waals surface area contributed by atoms with Crippen molar-refractivity contribution in [2.45, 2.75) is 0 Å². The summed E-state index contributed by atoms with van der Waals surface area (Å²) in [6.45, 7) is 0. The quantitative estimate of drug-likeness (QED) is 0.621. The molecule has 0 saturated heterocycles. The summed E-state index contributed by atoms with van der Waals surface area (Å²) in [5.74, 6) is -0.224. The molecule has 0 atom stereocenters. The van der Waals surface area contributed by atoms with Crippen molar-refractivity contribution in [1.29, 1.82) is 0 Å². The number of amides is 1. The van der Waals surface area contributed by atoms with Crippen LogP contribution in [-0.2, 0) is 0 Å². The van der Waals surface area contributed by atoms with Crippen LogP contribution in [0.2, 0.25) is 5.02 Å². The Bertz CT molecular complexity index is 666. The van der Waals surface area contributed by atoms with Crippen LogP contribution >= 0.6 is 39.7 Å². The Hall–Kier alpha value is -1.40. The number of pyridine rings is 1. The lowest BCUT2D eigenvalue weighted by molar-refractivity contribution is 0.0996. The standard InChI is InChI=1S/C10H4BrClN4OS/c11-8-4-7(10(17)14-5-18)16(15-8)9-6(12)2-1-3-13-9/h1-4H. The molecule has 2 aromatic rings. The lowest BCUT2D eigenvalue weighted by Gasteiger charge is -2.04. The van der Waals surface area contributed by atoms with Crippen LogP contribution in [0.5, 0.6) is 0 Å². The third kappa shape index (κ3) is 2.54. The van der Waals surface area contributed by atoms with Crippen LogP contribution in [0.25, 0.3) is 5.82 Å². The number of isothiocyanates is 1. The summed E-state index contributed by atoms with van der Waals surface area (Å²) in [6, 6.07) is 4.83. The van der Waals surface area contributed by atoms with E-state index in [9.17, 15) is 4.79 Å². The fourth-order valence-electron chi connectivity index (χ4n) is 1.30. The molecule has 0 aliphatic carbocycles. The van der Waals surface area contributed by atoms with E-state index in [2.05, 4.69) is 43.2 Å². The van der Waals surface area contributed by atoms with Crippen LogP contribution in [0, 0.1) is 0 Å². The second-order valence-electron chi connectivity index (χ2n) is 3.08. The maximum atomic E-state index is 11.7. The minimum Gasteiger partial charge on any atom is -0.264 e. The molecule has 90 valence electrons. The first-order valence-electron chi connectivity index (χ1n) is 4.62. The van der Waals surface area contributed by atoms with Crippen molar-refractivity contribution in [3.63, 3.8) is 0 Å². The van der Waals surface area contributed by atoms with E-state index >= 15 is 0 Å². The van der Waals surface area contributed by atoms with Gasteiger partial charge in [0.15, 0.2) is 5.82 Å². The molecule has 2 heterocycles. The van der Waals surface area contributed by atoms with E-state index in [0.717, 1.165) is 0 Å². The summed E-state index contributed by atoms with van der Waals surface area (Å²) in [5, 5.41) is 6.48. The van der Waals surface area contributed by atoms with Crippen molar-refractivity contribution in [3.8, 4) is 5.82 Å². The molecular weight excluding hydrogens is 340 g/mol. The topological polar surface area (TPSA) is 60.1 Å². The number of halogens is 2. The van der Waals surface area contributed by atoms with Gasteiger partial charge in [0.1, 0.15) is 10.3 Å². The summed E-state index contributed by atoms with van der Waals surface area (Å²) in [5.41, 5.74) is 0.194. The van der Waals surface area contributed by atoms with Gasteiger partial charge in [-0.25, -0.2) is 9.67 Å². The molecule has 0 unspecified atom stereocenters. The molecule has 18 heavy (non-hydrogen) atoms. The van der Waals surface area contributed by atoms with Crippen molar-refractivity contribution in [3.05, 3.63) is 39.7 Å². The third-order valence-corrected chi connectivity index (χ3v) is 2.76. The van der Waals surface area contributed by atoms with E-state index in [4.69, 9.17) is 11.6 Å². The van der Waals surface area contributed by atoms with Crippen molar-refractivity contribution in [2.24, 2.45) is 4.99 Å². The van der Waals surface area contributed by atoms with Crippen LogP contribution < -0.4 is 0 Å². The second kappa shape index (κ2) is 5.49. The lowest BCUT2D eigenvalue weighted by atomic mass is 10.4. The second-order valence-corrected chi connectivity index (χ2v) is 4.48. The molecule has 0 spiro atoms. The predicted molar refractivity (Wildman–Crippen MR) is 73.4 cm³/mol. The number of hydrogen-bond donors (Lipinski definition) is 0. The highest BCUT2D eigenvalue weighted by Crippen LogP contribution is 2.21. The summed E-state index contributed by atoms with van der Waals surface area (Å²) < 4.78 is 1.76. The molecule has 0 bridgehead atoms. The fraction of sp³-hybridized carbons (Fsp3) is 0. The van der Waals surface area contributed by atoms with E-state index in [1.54, 1.807) is 18.3 Å². The van der Waals surface area contributed by atoms with Gasteiger partial charge >= 0.3 is 5.91 Å². The lowest BCUT2D eigenvalue weighted by Crippen LogP contribution is -2.08. The summed E-state index contributed by atoms with van der Waals surface area (Å²) in [6.07, 6.45) is 1.55. The highest BCUT2D eigenvalue weighted by Gasteiger charge is 2.17. The van der Waals surface area contributed by atoms with Crippen LogP contribution in [-0.4, -0.2) is 25.8 Å². The molecule has 8 heteroatoms. The van der Waals surface area contributed by atoms with Crippen LogP contribution in [0.4, 0.5) is 0 Å². The van der Waals surface area contributed by atoms with Gasteiger partial charge < -0.3 is 0 Å². The minimum absolute atomic E-state index is 0.194. The number of aromatic nitrogens is 3. The highest BCUT2D eigenvalue weighted by atomic mass is 79.9. The normalized spacial score (nSPS) is 9.89. The summed E-state index contributed by atoms with van der Waals surface area (Å²) >= 11 is 13.6. The molecule has 2 aromatic heterocycles. The Morgan fingerprint density at radius 3 is 3.06 bits per heavy atom. The van der Waals surface area contributed by atoms with Crippen molar-refractivity contribution in [1.82, 2.24) is 14.8 Å². The summed E-state index contributed by atoms with van der Waals surface area (Å²) in [7, 11) is 0. The highest BCUT2D eigenvalue weighted by molar-refractivity contribution is 9.10. The maximum absolute atomic E-state index is 11.7. The molecule has 5 nitrogen and oxygen atoms in total. The largest absolute Gasteiger partial charge is 0.304 e. The molecule has 2 rings (SSSR count). The fourth-order valence-corrected chi connectivity index (χ4v) is 1.96.